The maximum atomic E-state index is 11.4. The first-order valence-corrected chi connectivity index (χ1v) is 5.43. The smallest absolute Gasteiger partial charge is 0.328 e. The monoisotopic (exact) mass is 256 g/mol. The van der Waals surface area contributed by atoms with E-state index in [0.717, 1.165) is 5.69 Å². The maximum absolute atomic E-state index is 11.4. The molecule has 1 aromatic heterocycles. The van der Waals surface area contributed by atoms with Crippen molar-refractivity contribution in [2.24, 2.45) is 0 Å². The van der Waals surface area contributed by atoms with E-state index in [4.69, 9.17) is 5.11 Å². The van der Waals surface area contributed by atoms with Gasteiger partial charge in [-0.25, -0.2) is 14.6 Å². The van der Waals surface area contributed by atoms with Crippen molar-refractivity contribution in [2.75, 3.05) is 6.54 Å². The second-order valence-electron chi connectivity index (χ2n) is 3.78. The largest absolute Gasteiger partial charge is 0.480 e. The molecule has 0 saturated heterocycles. The quantitative estimate of drug-likeness (QED) is 0.450. The number of urea groups is 1. The van der Waals surface area contributed by atoms with Crippen LogP contribution in [0, 0.1) is 0 Å². The summed E-state index contributed by atoms with van der Waals surface area (Å²) in [5.74, 6) is -1.28. The zero-order valence-electron chi connectivity index (χ0n) is 9.88. The molecule has 2 atom stereocenters. The fourth-order valence-electron chi connectivity index (χ4n) is 1.31. The first kappa shape index (κ1) is 14.0. The standard InChI is InChI=1S/C10H16N4O4/c1-6(15)8(9(16)17)14-10(18)12-3-2-7-4-11-5-13-7/h4-6,8,15H,2-3H2,1H3,(H,11,13)(H,16,17)(H2,12,14,18)/t6-,8+/m1/s1. The molecule has 2 amide bonds. The highest BCUT2D eigenvalue weighted by Crippen LogP contribution is 1.93. The molecule has 18 heavy (non-hydrogen) atoms. The van der Waals surface area contributed by atoms with Crippen LogP contribution in [-0.4, -0.2) is 50.9 Å². The van der Waals surface area contributed by atoms with Crippen molar-refractivity contribution < 1.29 is 19.8 Å². The van der Waals surface area contributed by atoms with Gasteiger partial charge >= 0.3 is 12.0 Å². The number of nitrogens with zero attached hydrogens (tertiary/aromatic N) is 1. The van der Waals surface area contributed by atoms with E-state index in [1.165, 1.54) is 13.3 Å². The second kappa shape index (κ2) is 6.60. The molecule has 1 rings (SSSR count). The molecule has 0 aromatic carbocycles. The van der Waals surface area contributed by atoms with Crippen LogP contribution in [0.25, 0.3) is 0 Å². The number of carbonyl (C=O) groups is 2. The molecular formula is C10H16N4O4. The van der Waals surface area contributed by atoms with Crippen molar-refractivity contribution in [2.45, 2.75) is 25.5 Å². The number of hydrogen-bond acceptors (Lipinski definition) is 4. The molecule has 1 aromatic rings. The topological polar surface area (TPSA) is 127 Å². The summed E-state index contributed by atoms with van der Waals surface area (Å²) >= 11 is 0. The van der Waals surface area contributed by atoms with Crippen molar-refractivity contribution in [3.8, 4) is 0 Å². The molecule has 0 aliphatic rings. The maximum Gasteiger partial charge on any atom is 0.328 e. The highest BCUT2D eigenvalue weighted by Gasteiger charge is 2.24. The van der Waals surface area contributed by atoms with Gasteiger partial charge in [0.2, 0.25) is 0 Å². The zero-order chi connectivity index (χ0) is 13.5. The van der Waals surface area contributed by atoms with E-state index in [2.05, 4.69) is 20.6 Å². The lowest BCUT2D eigenvalue weighted by Gasteiger charge is -2.17. The Balaban J connectivity index is 2.30. The van der Waals surface area contributed by atoms with Crippen LogP contribution in [0.1, 0.15) is 12.6 Å². The normalized spacial score (nSPS) is 13.7. The minimum Gasteiger partial charge on any atom is -0.480 e. The zero-order valence-corrected chi connectivity index (χ0v) is 9.88. The van der Waals surface area contributed by atoms with Gasteiger partial charge in [0.1, 0.15) is 0 Å². The van der Waals surface area contributed by atoms with E-state index in [9.17, 15) is 14.7 Å². The summed E-state index contributed by atoms with van der Waals surface area (Å²) < 4.78 is 0. The summed E-state index contributed by atoms with van der Waals surface area (Å²) in [4.78, 5) is 28.8. The van der Waals surface area contributed by atoms with Gasteiger partial charge in [-0.2, -0.15) is 0 Å². The van der Waals surface area contributed by atoms with Gasteiger partial charge in [-0.15, -0.1) is 0 Å². The van der Waals surface area contributed by atoms with Crippen LogP contribution in [0.5, 0.6) is 0 Å². The Kier molecular flexibility index (Phi) is 5.12. The lowest BCUT2D eigenvalue weighted by molar-refractivity contribution is -0.141. The van der Waals surface area contributed by atoms with Gasteiger partial charge in [0.15, 0.2) is 6.04 Å². The number of carboxylic acids is 1. The van der Waals surface area contributed by atoms with Crippen LogP contribution >= 0.6 is 0 Å². The fraction of sp³-hybridized carbons (Fsp3) is 0.500. The third kappa shape index (κ3) is 4.42. The van der Waals surface area contributed by atoms with E-state index in [1.807, 2.05) is 0 Å². The van der Waals surface area contributed by atoms with E-state index < -0.39 is 24.1 Å². The van der Waals surface area contributed by atoms with Gasteiger partial charge in [-0.05, 0) is 6.92 Å². The van der Waals surface area contributed by atoms with E-state index in [-0.39, 0.29) is 0 Å². The average molecular weight is 256 g/mol. The van der Waals surface area contributed by atoms with Crippen molar-refractivity contribution in [3.05, 3.63) is 18.2 Å². The van der Waals surface area contributed by atoms with E-state index in [0.29, 0.717) is 13.0 Å². The summed E-state index contributed by atoms with van der Waals surface area (Å²) in [5, 5.41) is 22.6. The van der Waals surface area contributed by atoms with Crippen LogP contribution in [-0.2, 0) is 11.2 Å². The Hall–Kier alpha value is -2.09. The van der Waals surface area contributed by atoms with Gasteiger partial charge in [0.05, 0.1) is 12.4 Å². The number of imidazole rings is 1. The number of aromatic nitrogens is 2. The van der Waals surface area contributed by atoms with Gasteiger partial charge in [-0.3, -0.25) is 0 Å². The molecule has 0 spiro atoms. The van der Waals surface area contributed by atoms with Gasteiger partial charge in [-0.1, -0.05) is 0 Å². The molecule has 0 radical (unpaired) electrons. The number of aliphatic carboxylic acids is 1. The van der Waals surface area contributed by atoms with Crippen LogP contribution in [0.3, 0.4) is 0 Å². The summed E-state index contributed by atoms with van der Waals surface area (Å²) in [6.07, 6.45) is 2.55. The second-order valence-corrected chi connectivity index (χ2v) is 3.78. The molecule has 0 aliphatic heterocycles. The minimum atomic E-state index is -1.32. The number of aliphatic hydroxyl groups is 1. The first-order valence-electron chi connectivity index (χ1n) is 5.43. The molecule has 8 heteroatoms. The molecule has 100 valence electrons. The lowest BCUT2D eigenvalue weighted by atomic mass is 10.2. The molecular weight excluding hydrogens is 240 g/mol. The summed E-state index contributed by atoms with van der Waals surface area (Å²) in [6.45, 7) is 1.63. The Morgan fingerprint density at radius 1 is 1.56 bits per heavy atom. The molecule has 5 N–H and O–H groups in total. The van der Waals surface area contributed by atoms with Gasteiger partial charge in [0, 0.05) is 24.9 Å². The molecule has 0 bridgehead atoms. The number of aromatic amines is 1. The van der Waals surface area contributed by atoms with Crippen LogP contribution in [0.4, 0.5) is 4.79 Å². The summed E-state index contributed by atoms with van der Waals surface area (Å²) in [6, 6.07) is -1.96. The highest BCUT2D eigenvalue weighted by atomic mass is 16.4. The van der Waals surface area contributed by atoms with E-state index in [1.54, 1.807) is 6.20 Å². The number of nitrogens with one attached hydrogen (secondary N) is 3. The Labute approximate surface area is 103 Å². The number of amides is 2. The van der Waals surface area contributed by atoms with Crippen molar-refractivity contribution >= 4 is 12.0 Å². The third-order valence-corrected chi connectivity index (χ3v) is 2.27. The lowest BCUT2D eigenvalue weighted by Crippen LogP contribution is -2.51. The molecule has 1 heterocycles. The number of hydrogen-bond donors (Lipinski definition) is 5. The molecule has 0 fully saturated rings. The molecule has 0 saturated carbocycles. The molecule has 0 unspecified atom stereocenters. The number of carbonyl (C=O) groups excluding carboxylic acids is 1. The summed E-state index contributed by atoms with van der Waals surface area (Å²) in [5.41, 5.74) is 0.862. The fourth-order valence-corrected chi connectivity index (χ4v) is 1.31. The summed E-state index contributed by atoms with van der Waals surface area (Å²) in [7, 11) is 0. The predicted octanol–water partition coefficient (Wildman–Crippen LogP) is -0.915. The van der Waals surface area contributed by atoms with Crippen LogP contribution in [0.15, 0.2) is 12.5 Å². The Morgan fingerprint density at radius 2 is 2.28 bits per heavy atom. The number of aliphatic hydroxyl groups excluding tert-OH is 1. The highest BCUT2D eigenvalue weighted by molar-refractivity contribution is 5.82. The number of H-pyrrole nitrogens is 1. The Morgan fingerprint density at radius 3 is 2.78 bits per heavy atom. The number of carboxylic acid groups (broad SMARTS) is 1. The number of rotatable bonds is 6. The third-order valence-electron chi connectivity index (χ3n) is 2.27. The van der Waals surface area contributed by atoms with Crippen molar-refractivity contribution in [3.63, 3.8) is 0 Å². The van der Waals surface area contributed by atoms with Crippen LogP contribution < -0.4 is 10.6 Å². The van der Waals surface area contributed by atoms with E-state index >= 15 is 0 Å². The molecule has 8 nitrogen and oxygen atoms in total. The SMILES string of the molecule is C[C@@H](O)[C@H](NC(=O)NCCc1cnc[nH]1)C(=O)O. The van der Waals surface area contributed by atoms with Crippen molar-refractivity contribution in [1.29, 1.82) is 0 Å². The van der Waals surface area contributed by atoms with Gasteiger partial charge < -0.3 is 25.8 Å². The Bertz CT molecular complexity index is 391. The first-order chi connectivity index (χ1) is 8.50. The van der Waals surface area contributed by atoms with Crippen LogP contribution in [0.2, 0.25) is 0 Å². The minimum absolute atomic E-state index is 0.334. The van der Waals surface area contributed by atoms with Gasteiger partial charge in [0.25, 0.3) is 0 Å². The average Bonchev–Trinajstić information content (AvgIpc) is 2.78. The van der Waals surface area contributed by atoms with Crippen molar-refractivity contribution in [1.82, 2.24) is 20.6 Å². The molecule has 0 aliphatic carbocycles. The predicted molar refractivity (Wildman–Crippen MR) is 61.9 cm³/mol.